The number of aryl methyl sites for hydroxylation is 1. The Morgan fingerprint density at radius 2 is 0.948 bits per heavy atom. The molecule has 0 amide bonds. The summed E-state index contributed by atoms with van der Waals surface area (Å²) < 4.78 is 7.04. The zero-order valence-electron chi connectivity index (χ0n) is 36.6. The van der Waals surface area contributed by atoms with E-state index in [1.54, 1.807) is 11.3 Å². The third-order valence-electron chi connectivity index (χ3n) is 10.9. The number of fused-ring (bicyclic) bond motifs is 6. The first-order valence-electron chi connectivity index (χ1n) is 21.0. The fourth-order valence-electron chi connectivity index (χ4n) is 8.24. The fraction of sp³-hybridized carbons (Fsp3) is 0.370. The van der Waals surface area contributed by atoms with Gasteiger partial charge in [0.05, 0.1) is 0 Å². The van der Waals surface area contributed by atoms with Gasteiger partial charge in [-0.15, -0.1) is 0 Å². The lowest BCUT2D eigenvalue weighted by Gasteiger charge is -2.38. The van der Waals surface area contributed by atoms with E-state index in [0.717, 1.165) is 0 Å². The van der Waals surface area contributed by atoms with E-state index in [1.165, 1.54) is 70.0 Å². The molecule has 0 saturated heterocycles. The third-order valence-corrected chi connectivity index (χ3v) is 10.9. The lowest BCUT2D eigenvalue weighted by molar-refractivity contribution is 0.380. The first-order chi connectivity index (χ1) is 27.1. The highest BCUT2D eigenvalue weighted by atomic mass is 15.2. The molecule has 0 spiro atoms. The maximum atomic E-state index is 2.45. The van der Waals surface area contributed by atoms with E-state index in [-0.39, 0.29) is 24.0 Å². The average Bonchev–Trinajstić information content (AvgIpc) is 3.92. The number of nitrogens with zero attached hydrogens (tertiary/aromatic N) is 4. The zero-order chi connectivity index (χ0) is 41.0. The van der Waals surface area contributed by atoms with E-state index >= 15 is 0 Å². The van der Waals surface area contributed by atoms with E-state index in [2.05, 4.69) is 229 Å². The van der Waals surface area contributed by atoms with Crippen LogP contribution in [-0.2, 0) is 23.9 Å². The van der Waals surface area contributed by atoms with Gasteiger partial charge in [-0.1, -0.05) is 92.4 Å². The van der Waals surface area contributed by atoms with Crippen LogP contribution in [-0.4, -0.2) is 19.2 Å². The number of benzene rings is 4. The van der Waals surface area contributed by atoms with Crippen molar-refractivity contribution in [3.63, 3.8) is 0 Å². The molecule has 9 rings (SSSR count). The Bertz CT molecular complexity index is 2290. The van der Waals surface area contributed by atoms with Crippen molar-refractivity contribution in [2.24, 2.45) is 0 Å². The molecule has 4 heteroatoms. The largest absolute Gasteiger partial charge is 0.349 e. The molecule has 4 nitrogen and oxygen atoms in total. The maximum Gasteiger partial charge on any atom is 0.0493 e. The van der Waals surface area contributed by atoms with Crippen molar-refractivity contribution in [3.8, 4) is 0 Å². The molecule has 0 saturated carbocycles. The molecule has 0 fully saturated rings. The van der Waals surface area contributed by atoms with Gasteiger partial charge in [0.2, 0.25) is 0 Å². The minimum atomic E-state index is 0. The topological polar surface area (TPSA) is 18.0 Å². The van der Waals surface area contributed by atoms with E-state index in [0.29, 0.717) is 6.04 Å². The standard InChI is InChI=1S/C18H19N.C15H15N.C12H19N.C8H13N.CH4/c1-18(2,3)19-16-10-6-4-8-14(16)12-13-15-9-5-7-11-17(15)19;1-11(2)16-14-9-5-3-7-12(14)13-8-4-6-10-15(13)16;1-12(2,3)13-9-8-10-6-4-5-7-11(10)13;1-8(2,3)9-6-4-5-7-9;/h4-13H,1-3H3;3-11H,1-2H3;8-9H,4-7H2,1-3H3;4-7H,1-3H3;1H4. The lowest BCUT2D eigenvalue weighted by Crippen LogP contribution is -2.38. The molecule has 4 aromatic carbocycles. The van der Waals surface area contributed by atoms with Crippen molar-refractivity contribution in [2.45, 2.75) is 132 Å². The lowest BCUT2D eigenvalue weighted by atomic mass is 9.97. The second kappa shape index (κ2) is 18.1. The molecular weight excluding hydrogens is 705 g/mol. The van der Waals surface area contributed by atoms with Gasteiger partial charge in [0, 0.05) is 80.1 Å². The van der Waals surface area contributed by atoms with Gasteiger partial charge in [0.15, 0.2) is 0 Å². The summed E-state index contributed by atoms with van der Waals surface area (Å²) in [5, 5.41) is 2.71. The predicted octanol–water partition coefficient (Wildman–Crippen LogP) is 15.5. The Morgan fingerprint density at radius 3 is 1.40 bits per heavy atom. The maximum absolute atomic E-state index is 2.45. The molecule has 0 unspecified atom stereocenters. The van der Waals surface area contributed by atoms with Crippen LogP contribution in [0.5, 0.6) is 0 Å². The van der Waals surface area contributed by atoms with Crippen molar-refractivity contribution in [1.82, 2.24) is 13.7 Å². The van der Waals surface area contributed by atoms with Crippen LogP contribution in [0.15, 0.2) is 134 Å². The number of hydrogen-bond donors (Lipinski definition) is 0. The van der Waals surface area contributed by atoms with Crippen molar-refractivity contribution in [3.05, 3.63) is 156 Å². The van der Waals surface area contributed by atoms with Gasteiger partial charge in [0.1, 0.15) is 0 Å². The van der Waals surface area contributed by atoms with Crippen LogP contribution in [0, 0.1) is 0 Å². The van der Waals surface area contributed by atoms with Gasteiger partial charge in [0.25, 0.3) is 0 Å². The van der Waals surface area contributed by atoms with Crippen LogP contribution >= 0.6 is 0 Å². The molecule has 1 aliphatic carbocycles. The van der Waals surface area contributed by atoms with E-state index in [9.17, 15) is 0 Å². The average molecular weight is 775 g/mol. The van der Waals surface area contributed by atoms with Crippen LogP contribution in [0.1, 0.15) is 125 Å². The van der Waals surface area contributed by atoms with Crippen molar-refractivity contribution >= 4 is 45.3 Å². The van der Waals surface area contributed by atoms with Crippen LogP contribution < -0.4 is 4.90 Å². The fourth-order valence-corrected chi connectivity index (χ4v) is 8.24. The van der Waals surface area contributed by atoms with E-state index in [4.69, 9.17) is 0 Å². The molecule has 0 atom stereocenters. The Morgan fingerprint density at radius 1 is 0.483 bits per heavy atom. The summed E-state index contributed by atoms with van der Waals surface area (Å²) in [6.45, 7) is 24.6. The molecule has 4 heterocycles. The second-order valence-electron chi connectivity index (χ2n) is 18.8. The highest BCUT2D eigenvalue weighted by Crippen LogP contribution is 2.41. The molecule has 2 aliphatic rings. The van der Waals surface area contributed by atoms with Crippen LogP contribution in [0.25, 0.3) is 34.0 Å². The van der Waals surface area contributed by atoms with Gasteiger partial charge >= 0.3 is 0 Å². The summed E-state index contributed by atoms with van der Waals surface area (Å²) in [7, 11) is 0. The van der Waals surface area contributed by atoms with E-state index in [1.807, 2.05) is 12.1 Å². The van der Waals surface area contributed by atoms with Crippen LogP contribution in [0.2, 0.25) is 0 Å². The Labute approximate surface area is 350 Å². The molecule has 0 bridgehead atoms. The minimum Gasteiger partial charge on any atom is -0.349 e. The Kier molecular flexibility index (Phi) is 13.7. The number of rotatable bonds is 1. The zero-order valence-corrected chi connectivity index (χ0v) is 36.6. The summed E-state index contributed by atoms with van der Waals surface area (Å²) in [6, 6.07) is 41.3. The molecule has 306 valence electrons. The molecule has 7 aromatic rings. The summed E-state index contributed by atoms with van der Waals surface area (Å²) in [5.41, 5.74) is 11.5. The Balaban J connectivity index is 0.000000151. The van der Waals surface area contributed by atoms with Gasteiger partial charge in [-0.2, -0.15) is 0 Å². The third kappa shape index (κ3) is 9.89. The number of hydrogen-bond acceptors (Lipinski definition) is 1. The van der Waals surface area contributed by atoms with Gasteiger partial charge in [-0.05, 0) is 161 Å². The molecular formula is C54H70N4. The van der Waals surface area contributed by atoms with Crippen LogP contribution in [0.3, 0.4) is 0 Å². The predicted molar refractivity (Wildman–Crippen MR) is 256 cm³/mol. The number of aromatic nitrogens is 3. The molecule has 0 N–H and O–H groups in total. The van der Waals surface area contributed by atoms with Gasteiger partial charge in [-0.3, -0.25) is 0 Å². The molecule has 0 radical (unpaired) electrons. The normalized spacial score (nSPS) is 13.4. The first kappa shape index (κ1) is 43.9. The molecule has 3 aromatic heterocycles. The molecule has 1 aliphatic heterocycles. The van der Waals surface area contributed by atoms with Crippen molar-refractivity contribution in [1.29, 1.82) is 0 Å². The monoisotopic (exact) mass is 775 g/mol. The second-order valence-corrected chi connectivity index (χ2v) is 18.8. The van der Waals surface area contributed by atoms with Crippen LogP contribution in [0.4, 0.5) is 11.4 Å². The van der Waals surface area contributed by atoms with E-state index < -0.39 is 0 Å². The smallest absolute Gasteiger partial charge is 0.0493 e. The summed E-state index contributed by atoms with van der Waals surface area (Å²) in [5.74, 6) is 0. The summed E-state index contributed by atoms with van der Waals surface area (Å²) >= 11 is 0. The highest BCUT2D eigenvalue weighted by molar-refractivity contribution is 6.08. The van der Waals surface area contributed by atoms with Gasteiger partial charge < -0.3 is 18.6 Å². The summed E-state index contributed by atoms with van der Waals surface area (Å²) in [6.07, 6.45) is 16.2. The Hall–Kier alpha value is -5.22. The molecule has 58 heavy (non-hydrogen) atoms. The SMILES string of the molecule is C.CC(C)(C)N1c2ccccc2C=Cc2ccccc21.CC(C)(C)n1ccc2c1CCCC2.CC(C)(C)n1cccc1.CC(C)n1c2ccccc2c2ccccc21. The highest BCUT2D eigenvalue weighted by Gasteiger charge is 2.27. The minimum absolute atomic E-state index is 0. The van der Waals surface area contributed by atoms with Crippen molar-refractivity contribution < 1.29 is 0 Å². The van der Waals surface area contributed by atoms with Crippen molar-refractivity contribution in [2.75, 3.05) is 4.90 Å². The first-order valence-corrected chi connectivity index (χ1v) is 21.0. The quantitative estimate of drug-likeness (QED) is 0.162. The summed E-state index contributed by atoms with van der Waals surface area (Å²) in [4.78, 5) is 2.43. The number of anilines is 2. The number of para-hydroxylation sites is 4. The van der Waals surface area contributed by atoms with Gasteiger partial charge in [-0.25, -0.2) is 0 Å².